The monoisotopic (exact) mass is 516 g/mol. The molecule has 0 aliphatic heterocycles. The molecule has 0 saturated carbocycles. The minimum Gasteiger partial charge on any atom is -0.492 e. The number of ether oxygens (including phenoxy) is 2. The highest BCUT2D eigenvalue weighted by atomic mass is 35.5. The third-order valence-electron chi connectivity index (χ3n) is 5.42. The lowest BCUT2D eigenvalue weighted by atomic mass is 9.96. The molecule has 2 aromatic heterocycles. The standard InChI is InChI=1S/C27H21ClN4O5/c1-2-36-25-12-22-20(11-23(25)32-26(33)27(34)35)19(17(13-29)14-31-22)9-16-6-7-24(21(28)10-16)37-15-18-5-3-4-8-30-18/h3-8,10-12,14H,2,9,15H2,1H3,(H,32,33)(H,34,35). The molecule has 0 bridgehead atoms. The van der Waals surface area contributed by atoms with Gasteiger partial charge in [-0.15, -0.1) is 0 Å². The first kappa shape index (κ1) is 25.4. The second kappa shape index (κ2) is 11.4. The number of carboxylic acid groups (broad SMARTS) is 1. The van der Waals surface area contributed by atoms with Gasteiger partial charge in [0.25, 0.3) is 0 Å². The minimum absolute atomic E-state index is 0.163. The fourth-order valence-corrected chi connectivity index (χ4v) is 3.98. The molecule has 0 unspecified atom stereocenters. The third kappa shape index (κ3) is 5.94. The fraction of sp³-hybridized carbons (Fsp3) is 0.148. The lowest BCUT2D eigenvalue weighted by molar-refractivity contribution is -0.147. The lowest BCUT2D eigenvalue weighted by Gasteiger charge is -2.15. The van der Waals surface area contributed by atoms with E-state index in [1.807, 2.05) is 24.3 Å². The van der Waals surface area contributed by atoms with Crippen molar-refractivity contribution in [1.29, 1.82) is 5.26 Å². The molecule has 37 heavy (non-hydrogen) atoms. The van der Waals surface area contributed by atoms with Crippen LogP contribution < -0.4 is 14.8 Å². The van der Waals surface area contributed by atoms with Crippen LogP contribution in [0.2, 0.25) is 5.02 Å². The summed E-state index contributed by atoms with van der Waals surface area (Å²) in [5.74, 6) is -2.08. The van der Waals surface area contributed by atoms with Crippen LogP contribution in [0, 0.1) is 11.3 Å². The van der Waals surface area contributed by atoms with Crippen LogP contribution in [0.4, 0.5) is 5.69 Å². The van der Waals surface area contributed by atoms with E-state index in [4.69, 9.17) is 26.2 Å². The van der Waals surface area contributed by atoms with E-state index in [0.717, 1.165) is 11.3 Å². The van der Waals surface area contributed by atoms with Gasteiger partial charge in [-0.2, -0.15) is 5.26 Å². The second-order valence-electron chi connectivity index (χ2n) is 7.87. The molecular weight excluding hydrogens is 496 g/mol. The Morgan fingerprint density at radius 2 is 1.95 bits per heavy atom. The van der Waals surface area contributed by atoms with E-state index < -0.39 is 11.9 Å². The Morgan fingerprint density at radius 3 is 2.62 bits per heavy atom. The zero-order valence-electron chi connectivity index (χ0n) is 19.7. The van der Waals surface area contributed by atoms with Gasteiger partial charge in [0.15, 0.2) is 0 Å². The highest BCUT2D eigenvalue weighted by Crippen LogP contribution is 2.34. The van der Waals surface area contributed by atoms with Gasteiger partial charge < -0.3 is 19.9 Å². The maximum absolute atomic E-state index is 11.9. The fourth-order valence-electron chi connectivity index (χ4n) is 3.72. The molecule has 4 aromatic rings. The largest absolute Gasteiger partial charge is 0.492 e. The molecule has 2 heterocycles. The number of halogens is 1. The summed E-state index contributed by atoms with van der Waals surface area (Å²) >= 11 is 6.48. The number of carbonyl (C=O) groups is 2. The van der Waals surface area contributed by atoms with Crippen molar-refractivity contribution < 1.29 is 24.2 Å². The summed E-state index contributed by atoms with van der Waals surface area (Å²) in [6.07, 6.45) is 3.47. The van der Waals surface area contributed by atoms with Crippen LogP contribution in [0.3, 0.4) is 0 Å². The molecule has 0 fully saturated rings. The van der Waals surface area contributed by atoms with Gasteiger partial charge in [0.2, 0.25) is 0 Å². The molecule has 0 saturated heterocycles. The van der Waals surface area contributed by atoms with Crippen LogP contribution in [0.5, 0.6) is 11.5 Å². The number of nitrogens with zero attached hydrogens (tertiary/aromatic N) is 3. The number of anilines is 1. The molecule has 0 radical (unpaired) electrons. The van der Waals surface area contributed by atoms with E-state index in [1.54, 1.807) is 37.4 Å². The summed E-state index contributed by atoms with van der Waals surface area (Å²) in [6.45, 7) is 2.32. The topological polar surface area (TPSA) is 134 Å². The van der Waals surface area contributed by atoms with Crippen molar-refractivity contribution in [1.82, 2.24) is 9.97 Å². The normalized spacial score (nSPS) is 10.5. The number of fused-ring (bicyclic) bond motifs is 1. The van der Waals surface area contributed by atoms with Crippen molar-refractivity contribution in [3.8, 4) is 17.6 Å². The number of hydrogen-bond donors (Lipinski definition) is 2. The molecule has 0 aliphatic carbocycles. The number of aliphatic carboxylic acids is 1. The smallest absolute Gasteiger partial charge is 0.394 e. The highest BCUT2D eigenvalue weighted by molar-refractivity contribution is 6.36. The average molecular weight is 517 g/mol. The summed E-state index contributed by atoms with van der Waals surface area (Å²) in [4.78, 5) is 31.5. The second-order valence-corrected chi connectivity index (χ2v) is 8.28. The average Bonchev–Trinajstić information content (AvgIpc) is 2.89. The van der Waals surface area contributed by atoms with E-state index in [2.05, 4.69) is 21.4 Å². The van der Waals surface area contributed by atoms with Gasteiger partial charge in [-0.1, -0.05) is 23.7 Å². The third-order valence-corrected chi connectivity index (χ3v) is 5.72. The van der Waals surface area contributed by atoms with Crippen LogP contribution in [0.1, 0.15) is 29.3 Å². The number of rotatable bonds is 8. The van der Waals surface area contributed by atoms with Crippen molar-refractivity contribution in [3.63, 3.8) is 0 Å². The van der Waals surface area contributed by atoms with Crippen LogP contribution in [-0.2, 0) is 22.6 Å². The van der Waals surface area contributed by atoms with Crippen LogP contribution in [0.15, 0.2) is 60.9 Å². The molecule has 10 heteroatoms. The van der Waals surface area contributed by atoms with Crippen molar-refractivity contribution >= 4 is 40.1 Å². The maximum atomic E-state index is 11.9. The van der Waals surface area contributed by atoms with Crippen molar-refractivity contribution in [2.75, 3.05) is 11.9 Å². The quantitative estimate of drug-likeness (QED) is 0.320. The molecule has 186 valence electrons. The summed E-state index contributed by atoms with van der Waals surface area (Å²) in [7, 11) is 0. The Kier molecular flexibility index (Phi) is 7.81. The summed E-state index contributed by atoms with van der Waals surface area (Å²) in [5, 5.41) is 22.1. The summed E-state index contributed by atoms with van der Waals surface area (Å²) < 4.78 is 11.4. The first-order chi connectivity index (χ1) is 17.9. The first-order valence-electron chi connectivity index (χ1n) is 11.2. The lowest BCUT2D eigenvalue weighted by Crippen LogP contribution is -2.22. The summed E-state index contributed by atoms with van der Waals surface area (Å²) in [6, 6.07) is 16.2. The van der Waals surface area contributed by atoms with Gasteiger partial charge in [0.1, 0.15) is 24.2 Å². The van der Waals surface area contributed by atoms with E-state index in [0.29, 0.717) is 39.2 Å². The highest BCUT2D eigenvalue weighted by Gasteiger charge is 2.18. The molecule has 2 aromatic carbocycles. The first-order valence-corrected chi connectivity index (χ1v) is 11.6. The summed E-state index contributed by atoms with van der Waals surface area (Å²) in [5.41, 5.74) is 3.23. The van der Waals surface area contributed by atoms with E-state index in [9.17, 15) is 14.9 Å². The Balaban J connectivity index is 1.68. The molecule has 0 aliphatic rings. The van der Waals surface area contributed by atoms with Gasteiger partial charge in [-0.25, -0.2) is 4.79 Å². The van der Waals surface area contributed by atoms with Crippen molar-refractivity contribution in [3.05, 3.63) is 88.3 Å². The Hall–Kier alpha value is -4.68. The minimum atomic E-state index is -1.63. The van der Waals surface area contributed by atoms with Crippen molar-refractivity contribution in [2.45, 2.75) is 20.0 Å². The number of carbonyl (C=O) groups excluding carboxylic acids is 1. The predicted molar refractivity (Wildman–Crippen MR) is 137 cm³/mol. The number of hydrogen-bond acceptors (Lipinski definition) is 7. The Bertz CT molecular complexity index is 1520. The molecule has 0 atom stereocenters. The van der Waals surface area contributed by atoms with Crippen LogP contribution in [0.25, 0.3) is 10.9 Å². The number of amides is 1. The SMILES string of the molecule is CCOc1cc2ncc(C#N)c(Cc3ccc(OCc4ccccn4)c(Cl)c3)c2cc1NC(=O)C(=O)O. The number of nitriles is 1. The van der Waals surface area contributed by atoms with E-state index >= 15 is 0 Å². The zero-order valence-corrected chi connectivity index (χ0v) is 20.5. The van der Waals surface area contributed by atoms with E-state index in [-0.39, 0.29) is 24.7 Å². The van der Waals surface area contributed by atoms with Crippen LogP contribution in [-0.4, -0.2) is 33.6 Å². The van der Waals surface area contributed by atoms with Gasteiger partial charge >= 0.3 is 11.9 Å². The number of pyridine rings is 2. The number of benzene rings is 2. The Morgan fingerprint density at radius 1 is 1.11 bits per heavy atom. The maximum Gasteiger partial charge on any atom is 0.394 e. The zero-order chi connectivity index (χ0) is 26.4. The number of nitrogens with one attached hydrogen (secondary N) is 1. The molecule has 1 amide bonds. The van der Waals surface area contributed by atoms with Crippen molar-refractivity contribution in [2.24, 2.45) is 0 Å². The molecule has 2 N–H and O–H groups in total. The van der Waals surface area contributed by atoms with Crippen LogP contribution >= 0.6 is 11.6 Å². The van der Waals surface area contributed by atoms with Gasteiger partial charge in [-0.3, -0.25) is 14.8 Å². The molecule has 9 nitrogen and oxygen atoms in total. The van der Waals surface area contributed by atoms with Gasteiger partial charge in [-0.05, 0) is 54.8 Å². The predicted octanol–water partition coefficient (Wildman–Crippen LogP) is 4.75. The number of aromatic nitrogens is 2. The number of carboxylic acids is 1. The van der Waals surface area contributed by atoms with E-state index in [1.165, 1.54) is 6.20 Å². The molecule has 0 spiro atoms. The van der Waals surface area contributed by atoms with Gasteiger partial charge in [0.05, 0.1) is 34.1 Å². The van der Waals surface area contributed by atoms with Gasteiger partial charge in [0, 0.05) is 23.8 Å². The Labute approximate surface area is 217 Å². The molecular formula is C27H21ClN4O5. The molecule has 4 rings (SSSR count).